The van der Waals surface area contributed by atoms with Gasteiger partial charge in [-0.15, -0.1) is 0 Å². The lowest BCUT2D eigenvalue weighted by Crippen LogP contribution is -2.12. The van der Waals surface area contributed by atoms with Crippen molar-refractivity contribution in [3.63, 3.8) is 0 Å². The van der Waals surface area contributed by atoms with Crippen LogP contribution in [0, 0.1) is 6.92 Å². The summed E-state index contributed by atoms with van der Waals surface area (Å²) in [6, 6.07) is 7.72. The average Bonchev–Trinajstić information content (AvgIpc) is 2.49. The Morgan fingerprint density at radius 3 is 2.76 bits per heavy atom. The van der Waals surface area contributed by atoms with E-state index >= 15 is 0 Å². The predicted octanol–water partition coefficient (Wildman–Crippen LogP) is 3.11. The van der Waals surface area contributed by atoms with Crippen molar-refractivity contribution in [3.05, 3.63) is 40.1 Å². The van der Waals surface area contributed by atoms with Gasteiger partial charge in [0.25, 0.3) is 0 Å². The quantitative estimate of drug-likeness (QED) is 0.547. The highest BCUT2D eigenvalue weighted by atomic mass is 79.9. The minimum atomic E-state index is 0.343. The fraction of sp³-hybridized carbons (Fsp3) is 0.286. The van der Waals surface area contributed by atoms with Gasteiger partial charge in [-0.1, -0.05) is 12.1 Å². The highest BCUT2D eigenvalue weighted by molar-refractivity contribution is 9.10. The molecule has 0 spiro atoms. The molecule has 0 amide bonds. The van der Waals surface area contributed by atoms with E-state index in [9.17, 15) is 0 Å². The number of benzene rings is 1. The van der Waals surface area contributed by atoms with Crippen LogP contribution < -0.4 is 16.6 Å². The Hall–Kier alpha value is -1.70. The van der Waals surface area contributed by atoms with E-state index in [0.29, 0.717) is 30.7 Å². The molecule has 0 radical (unpaired) electrons. The van der Waals surface area contributed by atoms with Gasteiger partial charge in [0.2, 0.25) is 0 Å². The maximum atomic E-state index is 5.45. The van der Waals surface area contributed by atoms with E-state index in [0.717, 1.165) is 15.7 Å². The SMILES string of the molecule is CCOCc1nc(NN)cc(Nc2cccc(C)c2Br)n1. The van der Waals surface area contributed by atoms with Gasteiger partial charge in [0.1, 0.15) is 18.2 Å². The number of ether oxygens (including phenoxy) is 1. The molecule has 21 heavy (non-hydrogen) atoms. The minimum absolute atomic E-state index is 0.343. The Balaban J connectivity index is 2.28. The second kappa shape index (κ2) is 7.35. The summed E-state index contributed by atoms with van der Waals surface area (Å²) >= 11 is 3.56. The van der Waals surface area contributed by atoms with E-state index in [4.69, 9.17) is 10.6 Å². The van der Waals surface area contributed by atoms with Gasteiger partial charge < -0.3 is 15.5 Å². The molecule has 0 atom stereocenters. The number of nitrogen functional groups attached to an aromatic ring is 1. The first kappa shape index (κ1) is 15.7. The zero-order valence-corrected chi connectivity index (χ0v) is 13.6. The summed E-state index contributed by atoms with van der Waals surface area (Å²) in [7, 11) is 0. The Morgan fingerprint density at radius 2 is 2.05 bits per heavy atom. The summed E-state index contributed by atoms with van der Waals surface area (Å²) in [5.74, 6) is 7.20. The first-order valence-corrected chi connectivity index (χ1v) is 7.37. The molecule has 112 valence electrons. The summed E-state index contributed by atoms with van der Waals surface area (Å²) in [6.07, 6.45) is 0. The highest BCUT2D eigenvalue weighted by Gasteiger charge is 2.07. The Bertz CT molecular complexity index is 620. The van der Waals surface area contributed by atoms with E-state index in [1.165, 1.54) is 0 Å². The van der Waals surface area contributed by atoms with Gasteiger partial charge >= 0.3 is 0 Å². The third-order valence-corrected chi connectivity index (χ3v) is 3.86. The largest absolute Gasteiger partial charge is 0.374 e. The molecule has 2 aromatic rings. The van der Waals surface area contributed by atoms with E-state index in [1.54, 1.807) is 6.07 Å². The molecular formula is C14H18BrN5O. The van der Waals surface area contributed by atoms with Crippen LogP contribution in [-0.4, -0.2) is 16.6 Å². The molecular weight excluding hydrogens is 334 g/mol. The van der Waals surface area contributed by atoms with Gasteiger partial charge in [0.05, 0.1) is 5.69 Å². The number of nitrogens with two attached hydrogens (primary N) is 1. The van der Waals surface area contributed by atoms with Crippen LogP contribution in [0.25, 0.3) is 0 Å². The van der Waals surface area contributed by atoms with E-state index in [1.807, 2.05) is 32.0 Å². The number of hydrogen-bond donors (Lipinski definition) is 3. The predicted molar refractivity (Wildman–Crippen MR) is 87.3 cm³/mol. The Morgan fingerprint density at radius 1 is 1.29 bits per heavy atom. The van der Waals surface area contributed by atoms with E-state index in [-0.39, 0.29) is 0 Å². The van der Waals surface area contributed by atoms with Gasteiger partial charge in [0.15, 0.2) is 5.82 Å². The van der Waals surface area contributed by atoms with Gasteiger partial charge in [-0.25, -0.2) is 15.8 Å². The van der Waals surface area contributed by atoms with Gasteiger partial charge in [-0.3, -0.25) is 0 Å². The van der Waals surface area contributed by atoms with Crippen molar-refractivity contribution in [3.8, 4) is 0 Å². The van der Waals surface area contributed by atoms with Gasteiger partial charge in [-0.2, -0.15) is 0 Å². The van der Waals surface area contributed by atoms with Crippen LogP contribution in [0.1, 0.15) is 18.3 Å². The molecule has 1 heterocycles. The molecule has 0 unspecified atom stereocenters. The van der Waals surface area contributed by atoms with E-state index < -0.39 is 0 Å². The molecule has 0 aliphatic carbocycles. The zero-order valence-electron chi connectivity index (χ0n) is 12.0. The molecule has 7 heteroatoms. The van der Waals surface area contributed by atoms with Crippen LogP contribution >= 0.6 is 15.9 Å². The molecule has 0 aliphatic heterocycles. The van der Waals surface area contributed by atoms with Crippen LogP contribution in [-0.2, 0) is 11.3 Å². The standard InChI is InChI=1S/C14H18BrN5O/c1-3-21-8-13-18-11(7-12(19-13)20-16)17-10-6-4-5-9(2)14(10)15/h4-7H,3,8,16H2,1-2H3,(H2,17,18,19,20). The molecule has 4 N–H and O–H groups in total. The van der Waals surface area contributed by atoms with Gasteiger partial charge in [0, 0.05) is 17.1 Å². The minimum Gasteiger partial charge on any atom is -0.374 e. The monoisotopic (exact) mass is 351 g/mol. The second-order valence-corrected chi connectivity index (χ2v) is 5.19. The van der Waals surface area contributed by atoms with Gasteiger partial charge in [-0.05, 0) is 41.4 Å². The van der Waals surface area contributed by atoms with Crippen molar-refractivity contribution < 1.29 is 4.74 Å². The number of aryl methyl sites for hydroxylation is 1. The average molecular weight is 352 g/mol. The third kappa shape index (κ3) is 4.13. The summed E-state index contributed by atoms with van der Waals surface area (Å²) < 4.78 is 6.33. The number of halogens is 1. The van der Waals surface area contributed by atoms with Crippen LogP contribution in [0.5, 0.6) is 0 Å². The third-order valence-electron chi connectivity index (χ3n) is 2.81. The van der Waals surface area contributed by atoms with Crippen LogP contribution in [0.4, 0.5) is 17.3 Å². The van der Waals surface area contributed by atoms with Crippen molar-refractivity contribution in [1.82, 2.24) is 9.97 Å². The Kier molecular flexibility index (Phi) is 5.49. The maximum Gasteiger partial charge on any atom is 0.158 e. The lowest BCUT2D eigenvalue weighted by Gasteiger charge is -2.12. The van der Waals surface area contributed by atoms with Crippen molar-refractivity contribution >= 4 is 33.3 Å². The number of aromatic nitrogens is 2. The smallest absolute Gasteiger partial charge is 0.158 e. The summed E-state index contributed by atoms with van der Waals surface area (Å²) in [4.78, 5) is 8.67. The second-order valence-electron chi connectivity index (χ2n) is 4.40. The summed E-state index contributed by atoms with van der Waals surface area (Å²) in [5.41, 5.74) is 4.61. The van der Waals surface area contributed by atoms with Crippen molar-refractivity contribution in [2.45, 2.75) is 20.5 Å². The zero-order chi connectivity index (χ0) is 15.2. The van der Waals surface area contributed by atoms with Crippen LogP contribution in [0.15, 0.2) is 28.7 Å². The van der Waals surface area contributed by atoms with Crippen molar-refractivity contribution in [1.29, 1.82) is 0 Å². The normalized spacial score (nSPS) is 10.5. The van der Waals surface area contributed by atoms with Crippen LogP contribution in [0.3, 0.4) is 0 Å². The topological polar surface area (TPSA) is 85.1 Å². The lowest BCUT2D eigenvalue weighted by molar-refractivity contribution is 0.128. The fourth-order valence-corrected chi connectivity index (χ4v) is 2.14. The maximum absolute atomic E-state index is 5.45. The number of rotatable bonds is 6. The van der Waals surface area contributed by atoms with E-state index in [2.05, 4.69) is 36.6 Å². The molecule has 1 aromatic carbocycles. The molecule has 0 bridgehead atoms. The molecule has 6 nitrogen and oxygen atoms in total. The van der Waals surface area contributed by atoms with Crippen LogP contribution in [0.2, 0.25) is 0 Å². The summed E-state index contributed by atoms with van der Waals surface area (Å²) in [6.45, 7) is 4.90. The fourth-order valence-electron chi connectivity index (χ4n) is 1.77. The lowest BCUT2D eigenvalue weighted by atomic mass is 10.2. The molecule has 0 saturated carbocycles. The molecule has 2 rings (SSSR count). The van der Waals surface area contributed by atoms with Crippen molar-refractivity contribution in [2.24, 2.45) is 5.84 Å². The molecule has 0 fully saturated rings. The van der Waals surface area contributed by atoms with Crippen molar-refractivity contribution in [2.75, 3.05) is 17.3 Å². The summed E-state index contributed by atoms with van der Waals surface area (Å²) in [5, 5.41) is 3.26. The number of anilines is 3. The first-order chi connectivity index (χ1) is 10.1. The molecule has 0 aliphatic rings. The molecule has 0 saturated heterocycles. The Labute approximate surface area is 132 Å². The number of hydrogen-bond acceptors (Lipinski definition) is 6. The number of hydrazine groups is 1. The molecule has 1 aromatic heterocycles. The number of nitrogens with one attached hydrogen (secondary N) is 2. The first-order valence-electron chi connectivity index (χ1n) is 6.58. The number of nitrogens with zero attached hydrogens (tertiary/aromatic N) is 2. The highest BCUT2D eigenvalue weighted by Crippen LogP contribution is 2.28.